The molecule has 7 nitrogen and oxygen atoms in total. The van der Waals surface area contributed by atoms with Gasteiger partial charge in [0, 0.05) is 23.8 Å². The number of carbonyl (C=O) groups excluding carboxylic acids is 1. The molecule has 0 bridgehead atoms. The van der Waals surface area contributed by atoms with Crippen LogP contribution in [0.15, 0.2) is 28.9 Å². The van der Waals surface area contributed by atoms with E-state index in [-0.39, 0.29) is 17.0 Å². The predicted octanol–water partition coefficient (Wildman–Crippen LogP) is 2.62. The maximum Gasteiger partial charge on any atom is 0.347 e. The smallest absolute Gasteiger partial charge is 0.347 e. The average molecular weight is 340 g/mol. The van der Waals surface area contributed by atoms with Crippen LogP contribution in [-0.4, -0.2) is 20.7 Å². The van der Waals surface area contributed by atoms with Crippen molar-refractivity contribution in [3.63, 3.8) is 0 Å². The molecule has 0 amide bonds. The molecule has 20 heavy (non-hydrogen) atoms. The molecule has 0 aliphatic rings. The zero-order valence-electron chi connectivity index (χ0n) is 10.7. The molecular formula is C12H10BrN3O4. The standard InChI is InChI=1S/C12H10BrN3O4/c1-7-9(6-15(2)14-7)12(17)20-11-4-3-8(13)5-10(11)16(18)19/h3-6H,1-2H3. The highest BCUT2D eigenvalue weighted by Crippen LogP contribution is 2.30. The first-order valence-corrected chi connectivity index (χ1v) is 6.34. The van der Waals surface area contributed by atoms with Gasteiger partial charge < -0.3 is 4.74 Å². The number of aryl methyl sites for hydroxylation is 2. The van der Waals surface area contributed by atoms with Gasteiger partial charge in [-0.2, -0.15) is 5.10 Å². The van der Waals surface area contributed by atoms with Crippen molar-refractivity contribution >= 4 is 27.6 Å². The Morgan fingerprint density at radius 2 is 2.20 bits per heavy atom. The molecule has 0 spiro atoms. The second kappa shape index (κ2) is 5.41. The SMILES string of the molecule is Cc1nn(C)cc1C(=O)Oc1ccc(Br)cc1[N+](=O)[O-]. The van der Waals surface area contributed by atoms with Gasteiger partial charge in [-0.3, -0.25) is 14.8 Å². The summed E-state index contributed by atoms with van der Waals surface area (Å²) in [4.78, 5) is 22.3. The van der Waals surface area contributed by atoms with Gasteiger partial charge in [0.15, 0.2) is 0 Å². The normalized spacial score (nSPS) is 10.3. The number of carbonyl (C=O) groups is 1. The lowest BCUT2D eigenvalue weighted by Crippen LogP contribution is -2.10. The molecule has 8 heteroatoms. The molecule has 0 radical (unpaired) electrons. The minimum atomic E-state index is -0.680. The van der Waals surface area contributed by atoms with E-state index in [9.17, 15) is 14.9 Å². The predicted molar refractivity (Wildman–Crippen MR) is 73.7 cm³/mol. The molecule has 2 rings (SSSR count). The second-order valence-corrected chi connectivity index (χ2v) is 4.98. The third kappa shape index (κ3) is 2.85. The van der Waals surface area contributed by atoms with Crippen LogP contribution in [0.1, 0.15) is 16.1 Å². The molecule has 0 atom stereocenters. The van der Waals surface area contributed by atoms with Gasteiger partial charge in [-0.15, -0.1) is 0 Å². The second-order valence-electron chi connectivity index (χ2n) is 4.06. The summed E-state index contributed by atoms with van der Waals surface area (Å²) >= 11 is 3.13. The van der Waals surface area contributed by atoms with E-state index >= 15 is 0 Å². The number of hydrogen-bond donors (Lipinski definition) is 0. The Morgan fingerprint density at radius 3 is 2.75 bits per heavy atom. The third-order valence-corrected chi connectivity index (χ3v) is 3.05. The van der Waals surface area contributed by atoms with Crippen molar-refractivity contribution in [3.8, 4) is 5.75 Å². The molecule has 1 aromatic carbocycles. The quantitative estimate of drug-likeness (QED) is 0.371. The van der Waals surface area contributed by atoms with Crippen molar-refractivity contribution in [2.75, 3.05) is 0 Å². The van der Waals surface area contributed by atoms with Gasteiger partial charge in [-0.25, -0.2) is 4.79 Å². The third-order valence-electron chi connectivity index (χ3n) is 2.55. The topological polar surface area (TPSA) is 87.3 Å². The Balaban J connectivity index is 2.33. The highest BCUT2D eigenvalue weighted by Gasteiger charge is 2.21. The number of rotatable bonds is 3. The van der Waals surface area contributed by atoms with Gasteiger partial charge in [-0.1, -0.05) is 15.9 Å². The molecule has 104 valence electrons. The Kier molecular flexibility index (Phi) is 3.84. The van der Waals surface area contributed by atoms with Crippen LogP contribution >= 0.6 is 15.9 Å². The van der Waals surface area contributed by atoms with Gasteiger partial charge in [-0.05, 0) is 19.1 Å². The number of esters is 1. The molecule has 0 saturated heterocycles. The summed E-state index contributed by atoms with van der Waals surface area (Å²) in [6.45, 7) is 1.66. The van der Waals surface area contributed by atoms with Gasteiger partial charge >= 0.3 is 11.7 Å². The monoisotopic (exact) mass is 339 g/mol. The number of nitro groups is 1. The van der Waals surface area contributed by atoms with Gasteiger partial charge in [0.1, 0.15) is 5.56 Å². The van der Waals surface area contributed by atoms with E-state index in [1.807, 2.05) is 0 Å². The van der Waals surface area contributed by atoms with E-state index in [2.05, 4.69) is 21.0 Å². The zero-order valence-corrected chi connectivity index (χ0v) is 12.2. The molecule has 0 saturated carbocycles. The number of halogens is 1. The maximum absolute atomic E-state index is 12.0. The van der Waals surface area contributed by atoms with E-state index < -0.39 is 10.9 Å². The van der Waals surface area contributed by atoms with Crippen LogP contribution in [0, 0.1) is 17.0 Å². The average Bonchev–Trinajstić information content (AvgIpc) is 2.70. The van der Waals surface area contributed by atoms with Gasteiger partial charge in [0.25, 0.3) is 0 Å². The highest BCUT2D eigenvalue weighted by molar-refractivity contribution is 9.10. The van der Waals surface area contributed by atoms with Gasteiger partial charge in [0.05, 0.1) is 10.6 Å². The summed E-state index contributed by atoms with van der Waals surface area (Å²) < 4.78 is 7.09. The molecule has 0 fully saturated rings. The fourth-order valence-electron chi connectivity index (χ4n) is 1.67. The first-order valence-electron chi connectivity index (χ1n) is 5.55. The van der Waals surface area contributed by atoms with Crippen molar-refractivity contribution in [2.45, 2.75) is 6.92 Å². The molecule has 0 aliphatic heterocycles. The van der Waals surface area contributed by atoms with Crippen molar-refractivity contribution in [1.82, 2.24) is 9.78 Å². The number of hydrogen-bond acceptors (Lipinski definition) is 5. The Labute approximate surface area is 122 Å². The van der Waals surface area contributed by atoms with E-state index in [0.29, 0.717) is 10.2 Å². The van der Waals surface area contributed by atoms with Crippen LogP contribution < -0.4 is 4.74 Å². The number of aromatic nitrogens is 2. The summed E-state index contributed by atoms with van der Waals surface area (Å²) in [7, 11) is 1.67. The molecule has 1 aromatic heterocycles. The van der Waals surface area contributed by atoms with Crippen molar-refractivity contribution in [1.29, 1.82) is 0 Å². The molecule has 0 unspecified atom stereocenters. The highest BCUT2D eigenvalue weighted by atomic mass is 79.9. The summed E-state index contributed by atoms with van der Waals surface area (Å²) in [6.07, 6.45) is 1.50. The maximum atomic E-state index is 12.0. The lowest BCUT2D eigenvalue weighted by molar-refractivity contribution is -0.385. The van der Waals surface area contributed by atoms with Gasteiger partial charge in [0.2, 0.25) is 5.75 Å². The molecular weight excluding hydrogens is 330 g/mol. The van der Waals surface area contributed by atoms with Crippen LogP contribution in [0.4, 0.5) is 5.69 Å². The summed E-state index contributed by atoms with van der Waals surface area (Å²) in [6, 6.07) is 4.20. The minimum absolute atomic E-state index is 0.105. The summed E-state index contributed by atoms with van der Waals surface area (Å²) in [5.41, 5.74) is 0.483. The number of ether oxygens (including phenoxy) is 1. The Morgan fingerprint density at radius 1 is 1.50 bits per heavy atom. The lowest BCUT2D eigenvalue weighted by atomic mass is 10.2. The van der Waals surface area contributed by atoms with E-state index in [0.717, 1.165) is 0 Å². The lowest BCUT2D eigenvalue weighted by Gasteiger charge is -2.04. The summed E-state index contributed by atoms with van der Waals surface area (Å²) in [5, 5.41) is 15.0. The Hall–Kier alpha value is -2.22. The number of nitrogens with zero attached hydrogens (tertiary/aromatic N) is 3. The fraction of sp³-hybridized carbons (Fsp3) is 0.167. The van der Waals surface area contributed by atoms with Crippen LogP contribution in [0.25, 0.3) is 0 Å². The number of benzene rings is 1. The molecule has 0 N–H and O–H groups in total. The minimum Gasteiger partial charge on any atom is -0.415 e. The molecule has 1 heterocycles. The van der Waals surface area contributed by atoms with E-state index in [1.165, 1.54) is 23.0 Å². The van der Waals surface area contributed by atoms with Crippen LogP contribution in [0.5, 0.6) is 5.75 Å². The summed E-state index contributed by atoms with van der Waals surface area (Å²) in [5.74, 6) is -0.785. The fourth-order valence-corrected chi connectivity index (χ4v) is 2.02. The molecule has 2 aromatic rings. The zero-order chi connectivity index (χ0) is 14.9. The van der Waals surface area contributed by atoms with Crippen LogP contribution in [-0.2, 0) is 7.05 Å². The first-order chi connectivity index (χ1) is 9.38. The van der Waals surface area contributed by atoms with Crippen LogP contribution in [0.2, 0.25) is 0 Å². The van der Waals surface area contributed by atoms with Crippen LogP contribution in [0.3, 0.4) is 0 Å². The largest absolute Gasteiger partial charge is 0.415 e. The van der Waals surface area contributed by atoms with Crippen molar-refractivity contribution < 1.29 is 14.5 Å². The number of nitro benzene ring substituents is 1. The molecule has 0 aliphatic carbocycles. The van der Waals surface area contributed by atoms with Crippen molar-refractivity contribution in [3.05, 3.63) is 50.2 Å². The van der Waals surface area contributed by atoms with E-state index in [4.69, 9.17) is 4.74 Å². The van der Waals surface area contributed by atoms with E-state index in [1.54, 1.807) is 20.0 Å². The Bertz CT molecular complexity index is 696. The first kappa shape index (κ1) is 14.2. The van der Waals surface area contributed by atoms with Crippen molar-refractivity contribution in [2.24, 2.45) is 7.05 Å².